The summed E-state index contributed by atoms with van der Waals surface area (Å²) in [6.45, 7) is 12.5. The van der Waals surface area contributed by atoms with Gasteiger partial charge in [-0.2, -0.15) is 4.98 Å². The second-order valence-corrected chi connectivity index (χ2v) is 20.9. The molecule has 2 saturated heterocycles. The fourth-order valence-electron chi connectivity index (χ4n) is 9.80. The van der Waals surface area contributed by atoms with E-state index in [0.29, 0.717) is 48.6 Å². The first-order chi connectivity index (χ1) is 35.0. The van der Waals surface area contributed by atoms with E-state index in [0.717, 1.165) is 53.1 Å². The van der Waals surface area contributed by atoms with Gasteiger partial charge in [0, 0.05) is 63.3 Å². The highest BCUT2D eigenvalue weighted by Crippen LogP contribution is 2.33. The number of likely N-dealkylation sites (tertiary alicyclic amines) is 1. The zero-order valence-electron chi connectivity index (χ0n) is 42.3. The van der Waals surface area contributed by atoms with Crippen LogP contribution in [0.4, 0.5) is 17.5 Å². The number of Topliss-reactive ketones (excluding diaryl/α,β-unsaturated/α-hetero) is 1. The Balaban J connectivity index is 0.745. The van der Waals surface area contributed by atoms with Crippen LogP contribution in [-0.2, 0) is 35.2 Å². The highest BCUT2D eigenvalue weighted by atomic mass is 32.1. The number of ether oxygens (including phenoxy) is 2. The molecule has 4 amide bonds. The quantitative estimate of drug-likeness (QED) is 0.0699. The molecule has 3 aliphatic rings. The van der Waals surface area contributed by atoms with Gasteiger partial charge in [0.05, 0.1) is 52.8 Å². The van der Waals surface area contributed by atoms with Crippen LogP contribution in [0.15, 0.2) is 59.1 Å². The zero-order chi connectivity index (χ0) is 52.0. The molecule has 5 aromatic rings. The van der Waals surface area contributed by atoms with Crippen molar-refractivity contribution in [1.29, 1.82) is 0 Å². The summed E-state index contributed by atoms with van der Waals surface area (Å²) in [5.41, 5.74) is 5.77. The lowest BCUT2D eigenvalue weighted by atomic mass is 9.85. The largest absolute Gasteiger partial charge is 0.391 e. The summed E-state index contributed by atoms with van der Waals surface area (Å²) < 4.78 is 12.8. The molecule has 73 heavy (non-hydrogen) atoms. The fraction of sp³-hybridized carbons (Fsp3) is 0.500. The van der Waals surface area contributed by atoms with Gasteiger partial charge in [-0.25, -0.2) is 15.0 Å². The van der Waals surface area contributed by atoms with Gasteiger partial charge in [-0.3, -0.25) is 33.3 Å². The molecule has 21 heteroatoms. The van der Waals surface area contributed by atoms with Gasteiger partial charge in [0.1, 0.15) is 36.8 Å². The number of ketones is 1. The molecule has 0 radical (unpaired) electrons. The third kappa shape index (κ3) is 12.4. The number of fused-ring (bicyclic) bond motifs is 1. The molecule has 2 aliphatic heterocycles. The highest BCUT2D eigenvalue weighted by Gasteiger charge is 2.44. The van der Waals surface area contributed by atoms with Crippen LogP contribution in [0.3, 0.4) is 0 Å². The molecule has 1 aromatic carbocycles. The average Bonchev–Trinajstić information content (AvgIpc) is 4.15. The van der Waals surface area contributed by atoms with Crippen LogP contribution in [0.2, 0.25) is 0 Å². The Morgan fingerprint density at radius 2 is 1.62 bits per heavy atom. The maximum absolute atomic E-state index is 14.0. The summed E-state index contributed by atoms with van der Waals surface area (Å²) in [4.78, 5) is 104. The van der Waals surface area contributed by atoms with Gasteiger partial charge in [-0.15, -0.1) is 11.3 Å². The number of aryl methyl sites for hydroxylation is 2. The van der Waals surface area contributed by atoms with Gasteiger partial charge >= 0.3 is 0 Å². The smallest absolute Gasteiger partial charge is 0.263 e. The first-order valence-corrected chi connectivity index (χ1v) is 25.7. The minimum atomic E-state index is -1.01. The number of piperazine rings is 1. The van der Waals surface area contributed by atoms with Crippen molar-refractivity contribution >= 4 is 69.2 Å². The number of amides is 4. The third-order valence-electron chi connectivity index (χ3n) is 13.8. The third-order valence-corrected chi connectivity index (χ3v) is 14.8. The van der Waals surface area contributed by atoms with E-state index in [2.05, 4.69) is 35.8 Å². The number of thiazole rings is 1. The number of carbonyl (C=O) groups excluding carboxylic acids is 5. The normalized spacial score (nSPS) is 17.8. The van der Waals surface area contributed by atoms with Gasteiger partial charge in [-0.05, 0) is 67.9 Å². The van der Waals surface area contributed by atoms with Gasteiger partial charge in [0.25, 0.3) is 5.56 Å². The topological polar surface area (TPSA) is 243 Å². The monoisotopic (exact) mass is 1020 g/mol. The number of nitrogens with zero attached hydrogens (tertiary/aromatic N) is 8. The van der Waals surface area contributed by atoms with Crippen molar-refractivity contribution in [3.63, 3.8) is 0 Å². The second kappa shape index (κ2) is 23.0. The number of pyridine rings is 2. The number of hydrogen-bond acceptors (Lipinski definition) is 16. The van der Waals surface area contributed by atoms with Crippen molar-refractivity contribution in [3.8, 4) is 10.4 Å². The van der Waals surface area contributed by atoms with Crippen LogP contribution < -0.4 is 26.4 Å². The number of benzene rings is 1. The van der Waals surface area contributed by atoms with Crippen molar-refractivity contribution in [2.24, 2.45) is 5.41 Å². The Labute approximate surface area is 427 Å². The molecule has 4 aromatic heterocycles. The van der Waals surface area contributed by atoms with Gasteiger partial charge in [-0.1, -0.05) is 57.9 Å². The molecule has 8 rings (SSSR count). The number of hydrogen-bond donors (Lipinski definition) is 4. The Kier molecular flexibility index (Phi) is 16.6. The van der Waals surface area contributed by atoms with Crippen LogP contribution in [-0.4, -0.2) is 146 Å². The van der Waals surface area contributed by atoms with Crippen molar-refractivity contribution in [2.45, 2.75) is 104 Å². The number of nitrogens with one attached hydrogen (secondary N) is 3. The zero-order valence-corrected chi connectivity index (χ0v) is 43.1. The number of anilines is 3. The number of β-amino-alcohol motifs (C(OH)–C–C–N with tert-alkyl or cyclic N) is 1. The molecule has 0 spiro atoms. The Morgan fingerprint density at radius 1 is 0.904 bits per heavy atom. The lowest BCUT2D eigenvalue weighted by Gasteiger charge is -2.36. The molecular formula is C52H65N11O9S. The lowest BCUT2D eigenvalue weighted by Crippen LogP contribution is -2.58. The number of aliphatic hydroxyl groups is 1. The molecule has 0 bridgehead atoms. The molecule has 388 valence electrons. The standard InChI is InChI=1S/C52H65N11O9S/c1-31-39-26-55-51(59-47(39)63(36-9-7-8-10-36)49(69)44(31)33(3)64)57-41-16-15-37(25-53-41)60-17-19-61(20-18-60)43(67)29-72-22-21-71-28-42(66)58-46(52(4,5)6)50(70)62-27-38(65)23-40(62)48(68)54-24-34-11-13-35(14-12-34)45-32(2)56-30-73-45/h11-16,25-26,30,36,38,40,46,65H,7-10,17-24,27-29H2,1-6H3,(H,54,68)(H,58,66)(H,53,55,57,59)/t38-,40+,46?/m1/s1. The second-order valence-electron chi connectivity index (χ2n) is 20.0. The molecular weight excluding hydrogens is 955 g/mol. The first kappa shape index (κ1) is 52.6. The first-order valence-electron chi connectivity index (χ1n) is 24.9. The Hall–Kier alpha value is -6.68. The number of aliphatic hydroxyl groups excluding tert-OH is 1. The van der Waals surface area contributed by atoms with Crippen molar-refractivity contribution in [3.05, 3.63) is 87.0 Å². The maximum Gasteiger partial charge on any atom is 0.263 e. The van der Waals surface area contributed by atoms with E-state index in [1.165, 1.54) is 11.8 Å². The highest BCUT2D eigenvalue weighted by molar-refractivity contribution is 7.13. The predicted octanol–water partition coefficient (Wildman–Crippen LogP) is 4.48. The summed E-state index contributed by atoms with van der Waals surface area (Å²) in [5, 5.41) is 20.1. The molecule has 3 fully saturated rings. The number of carbonyl (C=O) groups is 5. The summed E-state index contributed by atoms with van der Waals surface area (Å²) in [6.07, 6.45) is 6.29. The van der Waals surface area contributed by atoms with Crippen LogP contribution in [0, 0.1) is 19.3 Å². The fourth-order valence-corrected chi connectivity index (χ4v) is 10.6. The summed E-state index contributed by atoms with van der Waals surface area (Å²) in [5.74, 6) is -1.04. The lowest BCUT2D eigenvalue weighted by molar-refractivity contribution is -0.144. The van der Waals surface area contributed by atoms with E-state index < -0.39 is 41.3 Å². The van der Waals surface area contributed by atoms with E-state index >= 15 is 0 Å². The SMILES string of the molecule is CC(=O)c1c(C)c2cnc(Nc3ccc(N4CCN(C(=O)COCCOCC(=O)NC(C(=O)N5C[C@H](O)C[C@H]5C(=O)NCc5ccc(-c6scnc6C)cc5)C(C)(C)C)CC4)cn3)nc2n(C2CCCC2)c1=O. The van der Waals surface area contributed by atoms with E-state index in [1.807, 2.05) is 64.1 Å². The van der Waals surface area contributed by atoms with Crippen LogP contribution in [0.25, 0.3) is 21.5 Å². The van der Waals surface area contributed by atoms with Crippen LogP contribution in [0.1, 0.15) is 93.0 Å². The Bertz CT molecular complexity index is 2870. The molecule has 1 unspecified atom stereocenters. The van der Waals surface area contributed by atoms with E-state index in [4.69, 9.17) is 14.5 Å². The minimum Gasteiger partial charge on any atom is -0.391 e. The maximum atomic E-state index is 14.0. The molecule has 4 N–H and O–H groups in total. The number of aromatic nitrogens is 5. The van der Waals surface area contributed by atoms with Crippen LogP contribution >= 0.6 is 11.3 Å². The molecule has 3 atom stereocenters. The minimum absolute atomic E-state index is 0.0297. The molecule has 20 nitrogen and oxygen atoms in total. The van der Waals surface area contributed by atoms with Gasteiger partial charge in [0.2, 0.25) is 29.6 Å². The molecule has 6 heterocycles. The van der Waals surface area contributed by atoms with E-state index in [9.17, 15) is 33.9 Å². The van der Waals surface area contributed by atoms with Crippen LogP contribution in [0.5, 0.6) is 0 Å². The van der Waals surface area contributed by atoms with Crippen molar-refractivity contribution in [2.75, 3.05) is 69.4 Å². The molecule has 1 saturated carbocycles. The van der Waals surface area contributed by atoms with Gasteiger partial charge in [0.15, 0.2) is 5.78 Å². The van der Waals surface area contributed by atoms with E-state index in [-0.39, 0.29) is 80.7 Å². The van der Waals surface area contributed by atoms with Crippen molar-refractivity contribution < 1.29 is 38.6 Å². The average molecular weight is 1020 g/mol. The summed E-state index contributed by atoms with van der Waals surface area (Å²) in [6, 6.07) is 9.62. The van der Waals surface area contributed by atoms with E-state index in [1.54, 1.807) is 45.6 Å². The Morgan fingerprint density at radius 3 is 2.26 bits per heavy atom. The van der Waals surface area contributed by atoms with Gasteiger partial charge < -0.3 is 45.2 Å². The summed E-state index contributed by atoms with van der Waals surface area (Å²) in [7, 11) is 0. The molecule has 1 aliphatic carbocycles. The van der Waals surface area contributed by atoms with Crippen molar-refractivity contribution in [1.82, 2.24) is 44.9 Å². The summed E-state index contributed by atoms with van der Waals surface area (Å²) >= 11 is 1.56. The predicted molar refractivity (Wildman–Crippen MR) is 276 cm³/mol. The number of rotatable bonds is 18.